The van der Waals surface area contributed by atoms with E-state index in [1.807, 2.05) is 140 Å². The van der Waals surface area contributed by atoms with Crippen molar-refractivity contribution >= 4 is 111 Å². The van der Waals surface area contributed by atoms with Gasteiger partial charge >= 0.3 is 53.7 Å². The number of aliphatic hydroxyl groups is 1. The van der Waals surface area contributed by atoms with E-state index in [-0.39, 0.29) is 95.3 Å². The number of likely N-dealkylation sites (tertiary alicyclic amines) is 1. The number of carboxylic acids is 3. The Kier molecular flexibility index (Phi) is 42.8. The van der Waals surface area contributed by atoms with Gasteiger partial charge in [0.15, 0.2) is 0 Å². The smallest absolute Gasteiger partial charge is 0.317 e. The van der Waals surface area contributed by atoms with Gasteiger partial charge in [-0.25, -0.2) is 0 Å². The third-order valence-electron chi connectivity index (χ3n) is 14.3. The molecule has 2 atom stereocenters. The van der Waals surface area contributed by atoms with Gasteiger partial charge in [-0.15, -0.1) is 0 Å². The lowest BCUT2D eigenvalue weighted by Crippen LogP contribution is -2.40. The number of amides is 4. The van der Waals surface area contributed by atoms with Gasteiger partial charge in [-0.2, -0.15) is 0 Å². The number of esters is 6. The van der Waals surface area contributed by atoms with E-state index in [0.717, 1.165) is 40.8 Å². The molecule has 584 valence electrons. The van der Waals surface area contributed by atoms with Gasteiger partial charge in [0.1, 0.15) is 58.5 Å². The summed E-state index contributed by atoms with van der Waals surface area (Å²) in [6, 6.07) is 56.6. The van der Waals surface area contributed by atoms with Crippen LogP contribution in [-0.2, 0) is 117 Å². The number of β-amino-alcohol motifs (C(OH)–C–C–N with tert-alkyl or cyclic N) is 1. The summed E-state index contributed by atoms with van der Waals surface area (Å²) < 4.78 is 23.5. The zero-order valence-corrected chi connectivity index (χ0v) is 61.0. The van der Waals surface area contributed by atoms with Gasteiger partial charge in [-0.05, 0) is 82.2 Å². The summed E-state index contributed by atoms with van der Waals surface area (Å²) in [5.41, 5.74) is 6.10. The van der Waals surface area contributed by atoms with E-state index < -0.39 is 83.6 Å². The molecule has 10 rings (SSSR count). The number of carbonyl (C=O) groups is 14. The van der Waals surface area contributed by atoms with E-state index in [2.05, 4.69) is 40.5 Å². The van der Waals surface area contributed by atoms with Crippen molar-refractivity contribution in [3.05, 3.63) is 253 Å². The molecular formula is C79H83ClN8O23. The standard InChI is InChI=1S/C21H26N4O3.C15H14N2O3.C11H12O4.C10H9ClO3.C10H10O4.C8H8N2O3.C4H4O3/c1-24(21(28)12-20(27)23-17-8-5-10-22-13-17)19(16-6-3-2-4-7-16)15-25-11-9-18(26)14-25;18-14(17-13-7-4-8-16-10-13)9-15(19)20-11-12-5-2-1-3-6-12;12-10(13)6-7-11(14)15-8-9-4-2-1-3-5-9;2*11-9(12)6-10(13)14-7-8-4-2-1-3-5-8;11-7(4-8(12)13)10-6-2-1-3-9-5-6;5-3-1-2-4(6)7-3/h2-8,10,13,18-19,26H,9,11-12,14-15H2,1H3,(H,23,27);1-8,10H,9,11H2,(H,17,18);1-5H,6-8H2,(H,12,13);1-5H,6-7H2;1-5H,6-7H2,(H,11,12);1-3,5H,4H2,(H,10,11)(H,12,13);1-2H2/t18-,19+;;;;;;/m0....../s1. The van der Waals surface area contributed by atoms with Gasteiger partial charge in [-0.1, -0.05) is 152 Å². The minimum absolute atomic E-state index is 0.0812. The van der Waals surface area contributed by atoms with Gasteiger partial charge in [0.25, 0.3) is 0 Å². The molecule has 3 aromatic heterocycles. The van der Waals surface area contributed by atoms with Gasteiger partial charge in [0.2, 0.25) is 28.9 Å². The molecule has 2 aliphatic heterocycles. The molecule has 0 radical (unpaired) electrons. The minimum Gasteiger partial charge on any atom is -0.481 e. The number of anilines is 3. The molecule has 0 saturated carbocycles. The first kappa shape index (κ1) is 90.1. The monoisotopic (exact) mass is 1550 g/mol. The van der Waals surface area contributed by atoms with Gasteiger partial charge < -0.3 is 65.0 Å². The normalized spacial score (nSPS) is 12.3. The van der Waals surface area contributed by atoms with Crippen molar-refractivity contribution in [2.75, 3.05) is 42.6 Å². The number of nitrogens with one attached hydrogen (secondary N) is 3. The Morgan fingerprint density at radius 3 is 1.16 bits per heavy atom. The van der Waals surface area contributed by atoms with E-state index >= 15 is 0 Å². The van der Waals surface area contributed by atoms with E-state index in [0.29, 0.717) is 30.2 Å². The average molecular weight is 1550 g/mol. The number of ether oxygens (including phenoxy) is 5. The van der Waals surface area contributed by atoms with Crippen molar-refractivity contribution in [1.29, 1.82) is 0 Å². The molecule has 0 aliphatic carbocycles. The SMILES string of the molecule is CN(C(=O)CC(=O)Nc1cccnc1)[C@H](CN1CC[C@H](O)C1)c1ccccc1.O=C(CC(=O)OCc1ccccc1)Nc1cccnc1.O=C(Cl)CC(=O)OCc1ccccc1.O=C(O)CC(=O)Nc1cccnc1.O=C(O)CC(=O)OCc1ccccc1.O=C(O)CCC(=O)OCc1ccccc1.O=C1CCC(=O)O1. The molecule has 32 heteroatoms. The molecule has 31 nitrogen and oxygen atoms in total. The van der Waals surface area contributed by atoms with Crippen molar-refractivity contribution in [2.45, 2.75) is 103 Å². The van der Waals surface area contributed by atoms with Crippen LogP contribution >= 0.6 is 11.6 Å². The second kappa shape index (κ2) is 52.7. The summed E-state index contributed by atoms with van der Waals surface area (Å²) in [7, 11) is 1.73. The molecule has 0 bridgehead atoms. The van der Waals surface area contributed by atoms with E-state index in [9.17, 15) is 72.2 Å². The number of benzene rings is 5. The maximum absolute atomic E-state index is 12.8. The van der Waals surface area contributed by atoms with Crippen LogP contribution in [0, 0.1) is 0 Å². The summed E-state index contributed by atoms with van der Waals surface area (Å²) in [5, 5.41) is 41.7. The average Bonchev–Trinajstić information content (AvgIpc) is 1.80. The second-order valence-electron chi connectivity index (χ2n) is 23.4. The zero-order valence-electron chi connectivity index (χ0n) is 60.2. The van der Waals surface area contributed by atoms with Crippen molar-refractivity contribution < 1.29 is 111 Å². The molecule has 0 spiro atoms. The van der Waals surface area contributed by atoms with Crippen LogP contribution in [0.25, 0.3) is 0 Å². The molecule has 2 aliphatic rings. The van der Waals surface area contributed by atoms with Crippen LogP contribution < -0.4 is 16.0 Å². The number of aliphatic hydroxyl groups excluding tert-OH is 1. The van der Waals surface area contributed by atoms with Crippen molar-refractivity contribution in [1.82, 2.24) is 24.8 Å². The predicted octanol–water partition coefficient (Wildman–Crippen LogP) is 8.86. The summed E-state index contributed by atoms with van der Waals surface area (Å²) in [5.74, 6) is -8.09. The Hall–Kier alpha value is -13.3. The number of aromatic nitrogens is 3. The molecule has 111 heavy (non-hydrogen) atoms. The van der Waals surface area contributed by atoms with Gasteiger partial charge in [-0.3, -0.25) is 87.0 Å². The summed E-state index contributed by atoms with van der Waals surface area (Å²) in [6.45, 7) is 2.67. The van der Waals surface area contributed by atoms with Crippen LogP contribution in [-0.4, -0.2) is 161 Å². The van der Waals surface area contributed by atoms with Crippen molar-refractivity contribution in [3.8, 4) is 0 Å². The Bertz CT molecular complexity index is 4140. The number of cyclic esters (lactones) is 2. The van der Waals surface area contributed by atoms with Crippen LogP contribution in [0.2, 0.25) is 0 Å². The number of halogens is 1. The van der Waals surface area contributed by atoms with Crippen LogP contribution in [0.15, 0.2) is 225 Å². The van der Waals surface area contributed by atoms with E-state index in [1.54, 1.807) is 79.1 Å². The molecule has 5 aromatic carbocycles. The Morgan fingerprint density at radius 1 is 0.468 bits per heavy atom. The third-order valence-corrected chi connectivity index (χ3v) is 14.5. The number of carboxylic acid groups (broad SMARTS) is 3. The summed E-state index contributed by atoms with van der Waals surface area (Å²) >= 11 is 5.01. The predicted molar refractivity (Wildman–Crippen MR) is 399 cm³/mol. The molecule has 8 aromatic rings. The van der Waals surface area contributed by atoms with E-state index in [4.69, 9.17) is 45.9 Å². The first-order valence-electron chi connectivity index (χ1n) is 33.9. The summed E-state index contributed by atoms with van der Waals surface area (Å²) in [4.78, 5) is 168. The van der Waals surface area contributed by atoms with Crippen LogP contribution in [0.3, 0.4) is 0 Å². The fourth-order valence-electron chi connectivity index (χ4n) is 9.04. The highest BCUT2D eigenvalue weighted by molar-refractivity contribution is 6.64. The first-order chi connectivity index (χ1) is 53.3. The number of pyridine rings is 3. The molecule has 5 heterocycles. The van der Waals surface area contributed by atoms with Crippen molar-refractivity contribution in [3.63, 3.8) is 0 Å². The second-order valence-corrected chi connectivity index (χ2v) is 23.8. The number of carbonyl (C=O) groups excluding carboxylic acids is 11. The third kappa shape index (κ3) is 43.2. The molecular weight excluding hydrogens is 1460 g/mol. The number of hydrogen-bond donors (Lipinski definition) is 7. The Morgan fingerprint density at radius 2 is 0.829 bits per heavy atom. The van der Waals surface area contributed by atoms with Crippen LogP contribution in [0.1, 0.15) is 98.1 Å². The highest BCUT2D eigenvalue weighted by Gasteiger charge is 2.29. The van der Waals surface area contributed by atoms with Crippen LogP contribution in [0.5, 0.6) is 0 Å². The zero-order chi connectivity index (χ0) is 81.0. The van der Waals surface area contributed by atoms with Crippen molar-refractivity contribution in [2.24, 2.45) is 0 Å². The topological polar surface area (TPSA) is 447 Å². The number of rotatable bonds is 28. The highest BCUT2D eigenvalue weighted by Crippen LogP contribution is 2.24. The van der Waals surface area contributed by atoms with Gasteiger partial charge in [0.05, 0.1) is 73.5 Å². The molecule has 2 fully saturated rings. The van der Waals surface area contributed by atoms with E-state index in [1.165, 1.54) is 18.6 Å². The van der Waals surface area contributed by atoms with Gasteiger partial charge in [0, 0.05) is 45.3 Å². The lowest BCUT2D eigenvalue weighted by Gasteiger charge is -2.32. The Balaban J connectivity index is 0.000000282. The number of aliphatic carboxylic acids is 3. The highest BCUT2D eigenvalue weighted by atomic mass is 35.5. The maximum Gasteiger partial charge on any atom is 0.317 e. The Labute approximate surface area is 642 Å². The molecule has 4 amide bonds. The fourth-order valence-corrected chi connectivity index (χ4v) is 9.14. The molecule has 2 saturated heterocycles. The largest absolute Gasteiger partial charge is 0.481 e. The minimum atomic E-state index is -1.18. The molecule has 0 unspecified atom stereocenters. The van der Waals surface area contributed by atoms with Crippen LogP contribution in [0.4, 0.5) is 17.1 Å². The lowest BCUT2D eigenvalue weighted by atomic mass is 10.0. The quantitative estimate of drug-likeness (QED) is 0.0104. The molecule has 7 N–H and O–H groups in total. The lowest BCUT2D eigenvalue weighted by molar-refractivity contribution is -0.153. The number of nitrogens with zero attached hydrogens (tertiary/aromatic N) is 5. The first-order valence-corrected chi connectivity index (χ1v) is 34.3. The number of hydrogen-bond acceptors (Lipinski definition) is 24. The maximum atomic E-state index is 12.8. The fraction of sp³-hybridized carbons (Fsp3) is 0.253. The number of likely N-dealkylation sites (N-methyl/N-ethyl adjacent to an activating group) is 1. The summed E-state index contributed by atoms with van der Waals surface area (Å²) in [6.07, 6.45) is 7.90.